The van der Waals surface area contributed by atoms with Crippen LogP contribution in [0.15, 0.2) is 0 Å². The lowest BCUT2D eigenvalue weighted by molar-refractivity contribution is -0.200. The first-order valence-electron chi connectivity index (χ1n) is 3.36. The monoisotopic (exact) mass is 162 g/mol. The Kier molecular flexibility index (Phi) is 1.48. The number of hydrogen-bond acceptors (Lipinski definition) is 2. The van der Waals surface area contributed by atoms with Gasteiger partial charge in [-0.05, 0) is 20.3 Å². The van der Waals surface area contributed by atoms with Crippen molar-refractivity contribution >= 4 is 17.6 Å². The predicted molar refractivity (Wildman–Crippen MR) is 39.0 cm³/mol. The van der Waals surface area contributed by atoms with Crippen LogP contribution in [0.25, 0.3) is 0 Å². The minimum atomic E-state index is -0.804. The Morgan fingerprint density at radius 1 is 1.60 bits per heavy atom. The molecule has 58 valence electrons. The number of rotatable bonds is 1. The number of halogens is 1. The Balaban J connectivity index is 2.80. The van der Waals surface area contributed by atoms with Crippen LogP contribution in [-0.4, -0.2) is 16.4 Å². The van der Waals surface area contributed by atoms with Crippen LogP contribution in [0, 0.1) is 0 Å². The Hall–Kier alpha value is -0.240. The van der Waals surface area contributed by atoms with E-state index < -0.39 is 10.5 Å². The Morgan fingerprint density at radius 3 is 2.20 bits per heavy atom. The fourth-order valence-corrected chi connectivity index (χ4v) is 1.18. The van der Waals surface area contributed by atoms with Gasteiger partial charge >= 0.3 is 5.97 Å². The van der Waals surface area contributed by atoms with Gasteiger partial charge in [0.2, 0.25) is 0 Å². The molecule has 0 amide bonds. The molecule has 10 heavy (non-hydrogen) atoms. The Bertz CT molecular complexity index is 176. The van der Waals surface area contributed by atoms with Crippen molar-refractivity contribution in [1.82, 2.24) is 0 Å². The molecule has 0 aromatic carbocycles. The van der Waals surface area contributed by atoms with E-state index in [-0.39, 0.29) is 5.97 Å². The number of cyclic esters (lactones) is 1. The van der Waals surface area contributed by atoms with Crippen LogP contribution in [0.2, 0.25) is 0 Å². The molecule has 2 nitrogen and oxygen atoms in total. The lowest BCUT2D eigenvalue weighted by Gasteiger charge is -2.48. The van der Waals surface area contributed by atoms with Crippen molar-refractivity contribution in [2.75, 3.05) is 0 Å². The number of carbonyl (C=O) groups is 1. The molecule has 0 spiro atoms. The number of alkyl halides is 1. The van der Waals surface area contributed by atoms with Gasteiger partial charge < -0.3 is 4.74 Å². The highest BCUT2D eigenvalue weighted by Gasteiger charge is 2.61. The highest BCUT2D eigenvalue weighted by molar-refractivity contribution is 6.36. The first-order valence-corrected chi connectivity index (χ1v) is 3.74. The van der Waals surface area contributed by atoms with E-state index in [2.05, 4.69) is 0 Å². The van der Waals surface area contributed by atoms with Crippen molar-refractivity contribution in [2.24, 2.45) is 0 Å². The second kappa shape index (κ2) is 1.88. The summed E-state index contributed by atoms with van der Waals surface area (Å²) < 4.78 is 4.92. The maximum absolute atomic E-state index is 10.8. The van der Waals surface area contributed by atoms with Crippen molar-refractivity contribution in [1.29, 1.82) is 0 Å². The zero-order valence-electron chi connectivity index (χ0n) is 6.40. The predicted octanol–water partition coefficient (Wildman–Crippen LogP) is 1.71. The standard InChI is InChI=1S/C7H11ClO2/c1-4-6(2)7(3,8)5(9)10-6/h4H2,1-3H3/t6-,7-/m0/s1. The molecule has 0 unspecified atom stereocenters. The molecule has 0 aromatic rings. The fourth-order valence-electron chi connectivity index (χ4n) is 0.970. The average molecular weight is 163 g/mol. The molecule has 0 saturated carbocycles. The van der Waals surface area contributed by atoms with Gasteiger partial charge in [0.25, 0.3) is 0 Å². The van der Waals surface area contributed by atoms with Crippen LogP contribution in [0.3, 0.4) is 0 Å². The van der Waals surface area contributed by atoms with E-state index in [0.29, 0.717) is 0 Å². The highest BCUT2D eigenvalue weighted by Crippen LogP contribution is 2.45. The molecule has 1 aliphatic rings. The Labute approximate surface area is 65.5 Å². The molecular weight excluding hydrogens is 152 g/mol. The number of ether oxygens (including phenoxy) is 1. The summed E-state index contributed by atoms with van der Waals surface area (Å²) in [5, 5.41) is 0. The second-order valence-electron chi connectivity index (χ2n) is 2.98. The first-order chi connectivity index (χ1) is 4.44. The molecule has 2 atom stereocenters. The minimum absolute atomic E-state index is 0.307. The summed E-state index contributed by atoms with van der Waals surface area (Å²) in [7, 11) is 0. The van der Waals surface area contributed by atoms with E-state index in [4.69, 9.17) is 16.3 Å². The normalized spacial score (nSPS) is 46.2. The Morgan fingerprint density at radius 2 is 2.10 bits per heavy atom. The average Bonchev–Trinajstić information content (AvgIpc) is 1.88. The first kappa shape index (κ1) is 7.86. The number of hydrogen-bond donors (Lipinski definition) is 0. The molecular formula is C7H11ClO2. The number of carbonyl (C=O) groups excluding carboxylic acids is 1. The van der Waals surface area contributed by atoms with Gasteiger partial charge in [-0.15, -0.1) is 11.6 Å². The summed E-state index contributed by atoms with van der Waals surface area (Å²) >= 11 is 5.89. The third kappa shape index (κ3) is 0.685. The molecule has 3 heteroatoms. The largest absolute Gasteiger partial charge is 0.455 e. The van der Waals surface area contributed by atoms with E-state index in [0.717, 1.165) is 6.42 Å². The topological polar surface area (TPSA) is 26.3 Å². The zero-order chi connectivity index (χ0) is 7.99. The number of esters is 1. The van der Waals surface area contributed by atoms with Crippen molar-refractivity contribution in [3.63, 3.8) is 0 Å². The maximum atomic E-state index is 10.8. The third-order valence-corrected chi connectivity index (χ3v) is 2.92. The van der Waals surface area contributed by atoms with Crippen molar-refractivity contribution in [3.8, 4) is 0 Å². The van der Waals surface area contributed by atoms with E-state index in [1.807, 2.05) is 13.8 Å². The molecule has 0 aliphatic carbocycles. The molecule has 1 rings (SSSR count). The van der Waals surface area contributed by atoms with Gasteiger partial charge in [0.1, 0.15) is 5.60 Å². The van der Waals surface area contributed by atoms with Crippen LogP contribution < -0.4 is 0 Å². The van der Waals surface area contributed by atoms with Crippen LogP contribution in [0.1, 0.15) is 27.2 Å². The summed E-state index contributed by atoms with van der Waals surface area (Å²) in [5.41, 5.74) is -0.453. The lowest BCUT2D eigenvalue weighted by Crippen LogP contribution is -2.65. The SMILES string of the molecule is CC[C@]1(C)OC(=O)[C@]1(C)Cl. The van der Waals surface area contributed by atoms with Crippen molar-refractivity contribution in [2.45, 2.75) is 37.7 Å². The van der Waals surface area contributed by atoms with Crippen molar-refractivity contribution in [3.05, 3.63) is 0 Å². The fraction of sp³-hybridized carbons (Fsp3) is 0.857. The minimum Gasteiger partial charge on any atom is -0.455 e. The van der Waals surface area contributed by atoms with E-state index in [1.54, 1.807) is 6.92 Å². The molecule has 1 saturated heterocycles. The van der Waals surface area contributed by atoms with E-state index in [1.165, 1.54) is 0 Å². The smallest absolute Gasteiger partial charge is 0.331 e. The molecule has 0 radical (unpaired) electrons. The molecule has 0 N–H and O–H groups in total. The summed E-state index contributed by atoms with van der Waals surface area (Å²) in [6.07, 6.45) is 0.763. The van der Waals surface area contributed by atoms with Gasteiger partial charge in [-0.1, -0.05) is 6.92 Å². The molecule has 1 fully saturated rings. The molecule has 0 aromatic heterocycles. The summed E-state index contributed by atoms with van der Waals surface area (Å²) in [6.45, 7) is 5.50. The van der Waals surface area contributed by atoms with E-state index >= 15 is 0 Å². The zero-order valence-corrected chi connectivity index (χ0v) is 7.16. The summed E-state index contributed by atoms with van der Waals surface area (Å²) in [6, 6.07) is 0. The van der Waals surface area contributed by atoms with Crippen LogP contribution in [0.4, 0.5) is 0 Å². The van der Waals surface area contributed by atoms with Gasteiger partial charge in [-0.3, -0.25) is 0 Å². The van der Waals surface area contributed by atoms with Crippen LogP contribution in [-0.2, 0) is 9.53 Å². The second-order valence-corrected chi connectivity index (χ2v) is 3.73. The summed E-state index contributed by atoms with van der Waals surface area (Å²) in [5.74, 6) is -0.307. The van der Waals surface area contributed by atoms with Gasteiger partial charge in [-0.25, -0.2) is 4.79 Å². The van der Waals surface area contributed by atoms with Crippen LogP contribution >= 0.6 is 11.6 Å². The highest BCUT2D eigenvalue weighted by atomic mass is 35.5. The van der Waals surface area contributed by atoms with Gasteiger partial charge in [-0.2, -0.15) is 0 Å². The third-order valence-electron chi connectivity index (χ3n) is 2.37. The molecule has 1 aliphatic heterocycles. The quantitative estimate of drug-likeness (QED) is 0.434. The van der Waals surface area contributed by atoms with Crippen molar-refractivity contribution < 1.29 is 9.53 Å². The summed E-state index contributed by atoms with van der Waals surface area (Å²) in [4.78, 5) is 9.97. The van der Waals surface area contributed by atoms with Gasteiger partial charge in [0, 0.05) is 0 Å². The molecule has 1 heterocycles. The lowest BCUT2D eigenvalue weighted by atomic mass is 9.82. The van der Waals surface area contributed by atoms with E-state index in [9.17, 15) is 4.79 Å². The molecule has 0 bridgehead atoms. The van der Waals surface area contributed by atoms with Crippen LogP contribution in [0.5, 0.6) is 0 Å². The maximum Gasteiger partial charge on any atom is 0.331 e. The van der Waals surface area contributed by atoms with Gasteiger partial charge in [0.05, 0.1) is 0 Å². The van der Waals surface area contributed by atoms with Gasteiger partial charge in [0.15, 0.2) is 4.87 Å².